The normalized spacial score (nSPS) is 9.94. The molecule has 0 saturated heterocycles. The Hall–Kier alpha value is -2.08. The number of nitrogens with zero attached hydrogens (tertiary/aromatic N) is 2. The standard InChI is InChI=1S/C11H10N4OS/c1-7-2-4-8(5-3-7)9(16)14-10-12-6-13-11(17)15-10/h2-6H,1H3,(H2,12,13,14,15,16,17). The van der Waals surface area contributed by atoms with Gasteiger partial charge >= 0.3 is 0 Å². The third kappa shape index (κ3) is 2.94. The molecule has 0 aliphatic rings. The Bertz CT molecular complexity index is 591. The van der Waals surface area contributed by atoms with E-state index < -0.39 is 0 Å². The Balaban J connectivity index is 2.17. The van der Waals surface area contributed by atoms with Gasteiger partial charge in [0, 0.05) is 5.56 Å². The highest BCUT2D eigenvalue weighted by Gasteiger charge is 2.06. The molecule has 0 saturated carbocycles. The van der Waals surface area contributed by atoms with Crippen LogP contribution in [0.5, 0.6) is 0 Å². The average molecular weight is 246 g/mol. The number of amides is 1. The van der Waals surface area contributed by atoms with E-state index in [1.54, 1.807) is 12.1 Å². The summed E-state index contributed by atoms with van der Waals surface area (Å²) in [6.07, 6.45) is 1.30. The van der Waals surface area contributed by atoms with E-state index in [9.17, 15) is 4.79 Å². The number of rotatable bonds is 2. The van der Waals surface area contributed by atoms with E-state index in [2.05, 4.69) is 20.3 Å². The van der Waals surface area contributed by atoms with Gasteiger partial charge in [0.15, 0.2) is 0 Å². The Kier molecular flexibility index (Phi) is 3.24. The van der Waals surface area contributed by atoms with Crippen LogP contribution in [0.2, 0.25) is 0 Å². The summed E-state index contributed by atoms with van der Waals surface area (Å²) in [5.74, 6) is 0.0462. The molecule has 0 bridgehead atoms. The average Bonchev–Trinajstić information content (AvgIpc) is 2.29. The van der Waals surface area contributed by atoms with Crippen LogP contribution in [0.15, 0.2) is 30.6 Å². The number of H-pyrrole nitrogens is 1. The maximum absolute atomic E-state index is 11.8. The smallest absolute Gasteiger partial charge is 0.257 e. The number of anilines is 1. The van der Waals surface area contributed by atoms with E-state index in [1.165, 1.54) is 6.33 Å². The summed E-state index contributed by atoms with van der Waals surface area (Å²) in [5.41, 5.74) is 1.66. The molecule has 0 radical (unpaired) electrons. The van der Waals surface area contributed by atoms with Crippen LogP contribution in [0.25, 0.3) is 0 Å². The molecule has 0 aliphatic carbocycles. The molecule has 2 N–H and O–H groups in total. The van der Waals surface area contributed by atoms with Crippen molar-refractivity contribution in [1.29, 1.82) is 0 Å². The first kappa shape index (κ1) is 11.4. The van der Waals surface area contributed by atoms with Gasteiger partial charge in [-0.2, -0.15) is 0 Å². The Morgan fingerprint density at radius 3 is 2.65 bits per heavy atom. The molecule has 2 aromatic rings. The van der Waals surface area contributed by atoms with Crippen molar-refractivity contribution in [1.82, 2.24) is 15.0 Å². The molecule has 6 heteroatoms. The van der Waals surface area contributed by atoms with Gasteiger partial charge in [-0.3, -0.25) is 10.1 Å². The lowest BCUT2D eigenvalue weighted by atomic mass is 10.1. The zero-order valence-electron chi connectivity index (χ0n) is 9.10. The van der Waals surface area contributed by atoms with Crippen LogP contribution in [-0.2, 0) is 0 Å². The molecule has 17 heavy (non-hydrogen) atoms. The number of aromatic nitrogens is 3. The van der Waals surface area contributed by atoms with Gasteiger partial charge in [-0.15, -0.1) is 0 Å². The molecule has 1 heterocycles. The third-order valence-corrected chi connectivity index (χ3v) is 2.34. The first-order valence-corrected chi connectivity index (χ1v) is 5.35. The predicted molar refractivity (Wildman–Crippen MR) is 66.3 cm³/mol. The summed E-state index contributed by atoms with van der Waals surface area (Å²) < 4.78 is 0.277. The van der Waals surface area contributed by atoms with Gasteiger partial charge in [0.2, 0.25) is 10.7 Å². The molecule has 2 rings (SSSR count). The van der Waals surface area contributed by atoms with E-state index in [0.717, 1.165) is 5.56 Å². The number of aryl methyl sites for hydroxylation is 1. The molecular formula is C11H10N4OS. The van der Waals surface area contributed by atoms with Crippen LogP contribution in [-0.4, -0.2) is 20.9 Å². The molecule has 0 spiro atoms. The largest absolute Gasteiger partial charge is 0.301 e. The quantitative estimate of drug-likeness (QED) is 0.796. The summed E-state index contributed by atoms with van der Waals surface area (Å²) >= 11 is 4.83. The van der Waals surface area contributed by atoms with E-state index in [0.29, 0.717) is 5.56 Å². The molecule has 1 amide bonds. The fourth-order valence-corrected chi connectivity index (χ4v) is 1.40. The van der Waals surface area contributed by atoms with Crippen molar-refractivity contribution in [3.05, 3.63) is 46.5 Å². The fourth-order valence-electron chi connectivity index (χ4n) is 1.25. The molecule has 1 aromatic carbocycles. The molecule has 1 aromatic heterocycles. The number of carbonyl (C=O) groups excluding carboxylic acids is 1. The number of benzene rings is 1. The van der Waals surface area contributed by atoms with Crippen molar-refractivity contribution in [3.63, 3.8) is 0 Å². The molecular weight excluding hydrogens is 236 g/mol. The zero-order chi connectivity index (χ0) is 12.3. The van der Waals surface area contributed by atoms with Crippen molar-refractivity contribution in [2.45, 2.75) is 6.92 Å². The lowest BCUT2D eigenvalue weighted by Crippen LogP contribution is -2.14. The van der Waals surface area contributed by atoms with Gasteiger partial charge in [0.1, 0.15) is 6.33 Å². The van der Waals surface area contributed by atoms with Crippen LogP contribution in [0.4, 0.5) is 5.95 Å². The SMILES string of the molecule is Cc1ccc(C(=O)Nc2ncnc(=S)[nH]2)cc1. The minimum atomic E-state index is -0.241. The maximum atomic E-state index is 11.8. The predicted octanol–water partition coefficient (Wildman–Crippen LogP) is 2.09. The number of carbonyl (C=O) groups is 1. The molecule has 0 unspecified atom stereocenters. The van der Waals surface area contributed by atoms with Crippen LogP contribution >= 0.6 is 12.2 Å². The Labute approximate surface area is 103 Å². The summed E-state index contributed by atoms with van der Waals surface area (Å²) in [6, 6.07) is 7.25. The van der Waals surface area contributed by atoms with Gasteiger partial charge in [0.05, 0.1) is 0 Å². The third-order valence-electron chi connectivity index (χ3n) is 2.13. The van der Waals surface area contributed by atoms with E-state index in [-0.39, 0.29) is 16.6 Å². The van der Waals surface area contributed by atoms with Crippen LogP contribution in [0, 0.1) is 11.7 Å². The molecule has 0 aliphatic heterocycles. The summed E-state index contributed by atoms with van der Waals surface area (Å²) in [5, 5.41) is 2.61. The monoisotopic (exact) mass is 246 g/mol. The van der Waals surface area contributed by atoms with Gasteiger partial charge in [0.25, 0.3) is 5.91 Å². The number of aromatic amines is 1. The van der Waals surface area contributed by atoms with Crippen molar-refractivity contribution in [2.75, 3.05) is 5.32 Å². The molecule has 0 fully saturated rings. The first-order chi connectivity index (χ1) is 8.15. The number of nitrogens with one attached hydrogen (secondary N) is 2. The molecule has 0 atom stereocenters. The van der Waals surface area contributed by atoms with Gasteiger partial charge in [-0.25, -0.2) is 9.97 Å². The van der Waals surface area contributed by atoms with Crippen LogP contribution in [0.3, 0.4) is 0 Å². The van der Waals surface area contributed by atoms with Gasteiger partial charge in [-0.05, 0) is 31.3 Å². The van der Waals surface area contributed by atoms with Crippen molar-refractivity contribution >= 4 is 24.1 Å². The van der Waals surface area contributed by atoms with Crippen LogP contribution in [0.1, 0.15) is 15.9 Å². The van der Waals surface area contributed by atoms with E-state index in [4.69, 9.17) is 12.2 Å². The lowest BCUT2D eigenvalue weighted by molar-refractivity contribution is 0.102. The Morgan fingerprint density at radius 2 is 2.00 bits per heavy atom. The topological polar surface area (TPSA) is 70.7 Å². The number of hydrogen-bond donors (Lipinski definition) is 2. The highest BCUT2D eigenvalue weighted by atomic mass is 32.1. The fraction of sp³-hybridized carbons (Fsp3) is 0.0909. The van der Waals surface area contributed by atoms with Crippen molar-refractivity contribution in [2.24, 2.45) is 0 Å². The van der Waals surface area contributed by atoms with Gasteiger partial charge < -0.3 is 4.98 Å². The maximum Gasteiger partial charge on any atom is 0.257 e. The minimum Gasteiger partial charge on any atom is -0.301 e. The van der Waals surface area contributed by atoms with Crippen molar-refractivity contribution < 1.29 is 4.79 Å². The van der Waals surface area contributed by atoms with Crippen molar-refractivity contribution in [3.8, 4) is 0 Å². The van der Waals surface area contributed by atoms with Gasteiger partial charge in [-0.1, -0.05) is 17.7 Å². The summed E-state index contributed by atoms with van der Waals surface area (Å²) in [6.45, 7) is 1.96. The van der Waals surface area contributed by atoms with Crippen LogP contribution < -0.4 is 5.32 Å². The summed E-state index contributed by atoms with van der Waals surface area (Å²) in [7, 11) is 0. The number of hydrogen-bond acceptors (Lipinski definition) is 4. The minimum absolute atomic E-state index is 0.241. The first-order valence-electron chi connectivity index (χ1n) is 4.94. The second-order valence-electron chi connectivity index (χ2n) is 3.47. The Morgan fingerprint density at radius 1 is 1.29 bits per heavy atom. The highest BCUT2D eigenvalue weighted by molar-refractivity contribution is 7.71. The second kappa shape index (κ2) is 4.84. The summed E-state index contributed by atoms with van der Waals surface area (Å²) in [4.78, 5) is 22.1. The van der Waals surface area contributed by atoms with E-state index >= 15 is 0 Å². The highest BCUT2D eigenvalue weighted by Crippen LogP contribution is 2.05. The lowest BCUT2D eigenvalue weighted by Gasteiger charge is -2.03. The molecule has 5 nitrogen and oxygen atoms in total. The zero-order valence-corrected chi connectivity index (χ0v) is 9.91. The van der Waals surface area contributed by atoms with E-state index in [1.807, 2.05) is 19.1 Å². The second-order valence-corrected chi connectivity index (χ2v) is 3.86. The molecule has 86 valence electrons.